The van der Waals surface area contributed by atoms with Gasteiger partial charge in [0.1, 0.15) is 5.75 Å². The van der Waals surface area contributed by atoms with Gasteiger partial charge in [-0.05, 0) is 58.5 Å². The van der Waals surface area contributed by atoms with Crippen molar-refractivity contribution in [3.63, 3.8) is 0 Å². The van der Waals surface area contributed by atoms with Crippen molar-refractivity contribution in [2.75, 3.05) is 6.54 Å². The first-order valence-electron chi connectivity index (χ1n) is 12.6. The molecule has 0 heterocycles. The molecule has 0 aromatic heterocycles. The number of benzene rings is 4. The Morgan fingerprint density at radius 3 is 2.49 bits per heavy atom. The van der Waals surface area contributed by atoms with E-state index in [1.165, 1.54) is 6.07 Å². The predicted octanol–water partition coefficient (Wildman–Crippen LogP) is 4.15. The number of rotatable bonds is 11. The minimum atomic E-state index is -0.759. The molecule has 0 saturated heterocycles. The molecular formula is C31H34N2O4. The molecular weight excluding hydrogens is 464 g/mol. The normalized spacial score (nSPS) is 12.8. The van der Waals surface area contributed by atoms with Gasteiger partial charge in [-0.15, -0.1) is 0 Å². The second-order valence-electron chi connectivity index (χ2n) is 9.49. The Hall–Kier alpha value is -3.71. The number of hydrogen-bond donors (Lipinski definition) is 5. The maximum atomic E-state index is 12.7. The van der Waals surface area contributed by atoms with E-state index < -0.39 is 6.10 Å². The summed E-state index contributed by atoms with van der Waals surface area (Å²) in [6, 6.07) is 27.2. The summed E-state index contributed by atoms with van der Waals surface area (Å²) in [6.45, 7) is 2.59. The molecule has 6 nitrogen and oxygen atoms in total. The lowest BCUT2D eigenvalue weighted by atomic mass is 10.0. The fraction of sp³-hybridized carbons (Fsp3) is 0.258. The van der Waals surface area contributed by atoms with Crippen molar-refractivity contribution in [2.24, 2.45) is 0 Å². The summed E-state index contributed by atoms with van der Waals surface area (Å²) in [4.78, 5) is 12.7. The first-order chi connectivity index (χ1) is 17.9. The number of aromatic hydroxyl groups is 1. The molecule has 4 rings (SSSR count). The minimum Gasteiger partial charge on any atom is -0.508 e. The van der Waals surface area contributed by atoms with Gasteiger partial charge >= 0.3 is 0 Å². The number of amides is 1. The van der Waals surface area contributed by atoms with Crippen LogP contribution in [0.2, 0.25) is 0 Å². The van der Waals surface area contributed by atoms with Crippen LogP contribution in [0.25, 0.3) is 10.8 Å². The molecule has 192 valence electrons. The van der Waals surface area contributed by atoms with Crippen LogP contribution in [-0.2, 0) is 30.8 Å². The predicted molar refractivity (Wildman–Crippen MR) is 146 cm³/mol. The van der Waals surface area contributed by atoms with Gasteiger partial charge in [0.2, 0.25) is 5.91 Å². The van der Waals surface area contributed by atoms with Gasteiger partial charge < -0.3 is 26.0 Å². The Morgan fingerprint density at radius 2 is 1.65 bits per heavy atom. The molecule has 0 fully saturated rings. The smallest absolute Gasteiger partial charge is 0.224 e. The SMILES string of the molecule is C[C@H](Cc1cccc(CC(=O)NCc2cccc3ccccc23)c1)NC[C@H](O)c1ccc(O)c(CO)c1. The molecule has 0 aliphatic carbocycles. The molecule has 4 aromatic rings. The molecule has 0 radical (unpaired) electrons. The molecule has 0 spiro atoms. The summed E-state index contributed by atoms with van der Waals surface area (Å²) < 4.78 is 0. The zero-order valence-electron chi connectivity index (χ0n) is 21.0. The van der Waals surface area contributed by atoms with E-state index in [2.05, 4.69) is 34.9 Å². The van der Waals surface area contributed by atoms with E-state index in [0.717, 1.165) is 33.9 Å². The van der Waals surface area contributed by atoms with Crippen LogP contribution in [0.5, 0.6) is 5.75 Å². The van der Waals surface area contributed by atoms with Crippen molar-refractivity contribution in [3.05, 3.63) is 113 Å². The van der Waals surface area contributed by atoms with Crippen LogP contribution in [0.1, 0.15) is 40.8 Å². The third kappa shape index (κ3) is 7.17. The average molecular weight is 499 g/mol. The molecule has 37 heavy (non-hydrogen) atoms. The van der Waals surface area contributed by atoms with Gasteiger partial charge in [-0.1, -0.05) is 72.8 Å². The number of aliphatic hydroxyl groups excluding tert-OH is 2. The molecule has 0 aliphatic heterocycles. The molecule has 0 saturated carbocycles. The maximum Gasteiger partial charge on any atom is 0.224 e. The summed E-state index contributed by atoms with van der Waals surface area (Å²) in [5.74, 6) is -0.00238. The minimum absolute atomic E-state index is 0.0156. The molecule has 0 aliphatic rings. The van der Waals surface area contributed by atoms with Gasteiger partial charge in [0.15, 0.2) is 0 Å². The van der Waals surface area contributed by atoms with Crippen molar-refractivity contribution in [1.82, 2.24) is 10.6 Å². The van der Waals surface area contributed by atoms with Crippen LogP contribution in [0.4, 0.5) is 0 Å². The summed E-state index contributed by atoms with van der Waals surface area (Å²) in [5, 5.41) is 38.2. The van der Waals surface area contributed by atoms with Crippen LogP contribution < -0.4 is 10.6 Å². The van der Waals surface area contributed by atoms with E-state index in [1.807, 2.05) is 49.4 Å². The maximum absolute atomic E-state index is 12.7. The summed E-state index contributed by atoms with van der Waals surface area (Å²) >= 11 is 0. The summed E-state index contributed by atoms with van der Waals surface area (Å²) in [7, 11) is 0. The van der Waals surface area contributed by atoms with Crippen LogP contribution >= 0.6 is 0 Å². The number of aliphatic hydroxyl groups is 2. The highest BCUT2D eigenvalue weighted by atomic mass is 16.3. The Labute approximate surface area is 217 Å². The molecule has 0 bridgehead atoms. The summed E-state index contributed by atoms with van der Waals surface area (Å²) in [6.07, 6.45) is 0.299. The largest absolute Gasteiger partial charge is 0.508 e. The van der Waals surface area contributed by atoms with Gasteiger partial charge in [0, 0.05) is 24.7 Å². The third-order valence-corrected chi connectivity index (χ3v) is 6.57. The van der Waals surface area contributed by atoms with Gasteiger partial charge in [-0.3, -0.25) is 4.79 Å². The van der Waals surface area contributed by atoms with E-state index in [4.69, 9.17) is 0 Å². The van der Waals surface area contributed by atoms with Gasteiger partial charge in [-0.2, -0.15) is 0 Å². The van der Waals surface area contributed by atoms with Crippen molar-refractivity contribution < 1.29 is 20.1 Å². The average Bonchev–Trinajstić information content (AvgIpc) is 2.91. The third-order valence-electron chi connectivity index (χ3n) is 6.57. The van der Waals surface area contributed by atoms with Gasteiger partial charge in [0.25, 0.3) is 0 Å². The fourth-order valence-corrected chi connectivity index (χ4v) is 4.55. The van der Waals surface area contributed by atoms with Gasteiger partial charge in [-0.25, -0.2) is 0 Å². The van der Waals surface area contributed by atoms with E-state index in [0.29, 0.717) is 30.6 Å². The standard InChI is InChI=1S/C31H34N2O4/c1-21(32-19-30(36)25-12-13-29(35)27(17-25)20-34)14-22-6-4-7-23(15-22)16-31(37)33-18-26-10-5-9-24-8-2-3-11-28(24)26/h2-13,15,17,21,30,32,34-36H,14,16,18-20H2,1H3,(H,33,37)/t21-,30+/m1/s1. The molecule has 2 atom stereocenters. The van der Waals surface area contributed by atoms with Crippen LogP contribution in [0, 0.1) is 0 Å². The first-order valence-corrected chi connectivity index (χ1v) is 12.6. The highest BCUT2D eigenvalue weighted by Gasteiger charge is 2.13. The van der Waals surface area contributed by atoms with E-state index in [1.54, 1.807) is 12.1 Å². The molecule has 1 amide bonds. The second-order valence-corrected chi connectivity index (χ2v) is 9.49. The number of fused-ring (bicyclic) bond motifs is 1. The second kappa shape index (κ2) is 12.5. The molecule has 6 heteroatoms. The molecule has 4 aromatic carbocycles. The van der Waals surface area contributed by atoms with Crippen molar-refractivity contribution in [2.45, 2.75) is 45.1 Å². The number of nitrogens with one attached hydrogen (secondary N) is 2. The van der Waals surface area contributed by atoms with Crippen molar-refractivity contribution in [1.29, 1.82) is 0 Å². The monoisotopic (exact) mass is 498 g/mol. The fourth-order valence-electron chi connectivity index (χ4n) is 4.55. The Bertz CT molecular complexity index is 1350. The van der Waals surface area contributed by atoms with Crippen LogP contribution in [0.15, 0.2) is 84.9 Å². The van der Waals surface area contributed by atoms with E-state index in [9.17, 15) is 20.1 Å². The quantitative estimate of drug-likeness (QED) is 0.214. The molecule has 5 N–H and O–H groups in total. The van der Waals surface area contributed by atoms with Gasteiger partial charge in [0.05, 0.1) is 19.1 Å². The number of phenols is 1. The highest BCUT2D eigenvalue weighted by molar-refractivity contribution is 5.86. The number of carbonyl (C=O) groups is 1. The van der Waals surface area contributed by atoms with E-state index >= 15 is 0 Å². The Morgan fingerprint density at radius 1 is 0.892 bits per heavy atom. The first kappa shape index (κ1) is 26.4. The lowest BCUT2D eigenvalue weighted by Gasteiger charge is -2.18. The zero-order valence-corrected chi connectivity index (χ0v) is 21.0. The number of hydrogen-bond acceptors (Lipinski definition) is 5. The Kier molecular flexibility index (Phi) is 8.90. The topological polar surface area (TPSA) is 102 Å². The van der Waals surface area contributed by atoms with Crippen LogP contribution in [-0.4, -0.2) is 33.8 Å². The van der Waals surface area contributed by atoms with Crippen molar-refractivity contribution in [3.8, 4) is 5.75 Å². The molecule has 0 unspecified atom stereocenters. The lowest BCUT2D eigenvalue weighted by molar-refractivity contribution is -0.120. The zero-order chi connectivity index (χ0) is 26.2. The lowest BCUT2D eigenvalue weighted by Crippen LogP contribution is -2.32. The Balaban J connectivity index is 1.27. The number of carbonyl (C=O) groups excluding carboxylic acids is 1. The summed E-state index contributed by atoms with van der Waals surface area (Å²) in [5.41, 5.74) is 4.20. The van der Waals surface area contributed by atoms with E-state index in [-0.39, 0.29) is 24.3 Å². The van der Waals surface area contributed by atoms with Crippen LogP contribution in [0.3, 0.4) is 0 Å². The highest BCUT2D eigenvalue weighted by Crippen LogP contribution is 2.22. The van der Waals surface area contributed by atoms with Crippen molar-refractivity contribution >= 4 is 16.7 Å².